The lowest BCUT2D eigenvalue weighted by Gasteiger charge is -2.37. The molecule has 138 valence electrons. The van der Waals surface area contributed by atoms with Crippen molar-refractivity contribution in [2.24, 2.45) is 0 Å². The van der Waals surface area contributed by atoms with Gasteiger partial charge in [0, 0.05) is 13.2 Å². The average molecular weight is 363 g/mol. The van der Waals surface area contributed by atoms with Gasteiger partial charge in [0.2, 0.25) is 5.91 Å². The van der Waals surface area contributed by atoms with E-state index in [1.54, 1.807) is 0 Å². The molecule has 0 aliphatic carbocycles. The Bertz CT molecular complexity index is 624. The number of benzene rings is 1. The zero-order valence-corrected chi connectivity index (χ0v) is 13.1. The van der Waals surface area contributed by atoms with Gasteiger partial charge in [-0.3, -0.25) is 4.79 Å². The van der Waals surface area contributed by atoms with Crippen LogP contribution in [0.25, 0.3) is 0 Å². The van der Waals surface area contributed by atoms with Crippen molar-refractivity contribution >= 4 is 11.9 Å². The smallest absolute Gasteiger partial charge is 0.391 e. The van der Waals surface area contributed by atoms with E-state index in [0.717, 1.165) is 12.1 Å². The van der Waals surface area contributed by atoms with Crippen molar-refractivity contribution in [2.75, 3.05) is 13.2 Å². The van der Waals surface area contributed by atoms with Gasteiger partial charge in [0.25, 0.3) is 0 Å². The van der Waals surface area contributed by atoms with Crippen LogP contribution in [0.5, 0.6) is 0 Å². The molecule has 2 N–H and O–H groups in total. The second kappa shape index (κ2) is 7.38. The van der Waals surface area contributed by atoms with Gasteiger partial charge >= 0.3 is 12.1 Å². The topological polar surface area (TPSA) is 75.6 Å². The molecule has 1 aliphatic heterocycles. The number of hydrogen-bond acceptors (Lipinski definition) is 3. The van der Waals surface area contributed by atoms with E-state index in [1.807, 2.05) is 5.32 Å². The van der Waals surface area contributed by atoms with Crippen LogP contribution >= 0.6 is 0 Å². The molecule has 1 aromatic rings. The Balaban J connectivity index is 2.29. The Morgan fingerprint density at radius 1 is 1.20 bits per heavy atom. The predicted octanol–water partition coefficient (Wildman–Crippen LogP) is 2.40. The molecule has 1 atom stereocenters. The van der Waals surface area contributed by atoms with Gasteiger partial charge in [0.05, 0.1) is 11.8 Å². The Hall–Kier alpha value is -2.16. The molecule has 1 amide bonds. The Morgan fingerprint density at radius 2 is 1.76 bits per heavy atom. The zero-order chi connectivity index (χ0) is 18.7. The highest BCUT2D eigenvalue weighted by atomic mass is 19.4. The molecule has 0 radical (unpaired) electrons. The zero-order valence-electron chi connectivity index (χ0n) is 13.1. The van der Waals surface area contributed by atoms with E-state index in [9.17, 15) is 27.2 Å². The molecule has 1 unspecified atom stereocenters. The van der Waals surface area contributed by atoms with Gasteiger partial charge in [-0.1, -0.05) is 12.1 Å². The fourth-order valence-electron chi connectivity index (χ4n) is 2.86. The summed E-state index contributed by atoms with van der Waals surface area (Å²) in [6.07, 6.45) is -6.11. The quantitative estimate of drug-likeness (QED) is 0.788. The first kappa shape index (κ1) is 19.2. The number of halogens is 4. The summed E-state index contributed by atoms with van der Waals surface area (Å²) in [7, 11) is 0. The van der Waals surface area contributed by atoms with E-state index in [0.29, 0.717) is 5.56 Å². The van der Waals surface area contributed by atoms with E-state index in [1.165, 1.54) is 12.1 Å². The minimum Gasteiger partial charge on any atom is -0.480 e. The molecule has 1 saturated heterocycles. The number of aliphatic carboxylic acids is 1. The standard InChI is InChI=1S/C16H17F4NO4/c17-11-3-1-10(2-4-11)15(5-7-25-8-6-15)14(24)21-12(13(22)23)9-16(18,19)20/h1-4,12H,5-9H2,(H,21,24)(H,22,23). The summed E-state index contributed by atoms with van der Waals surface area (Å²) in [5.41, 5.74) is -0.850. The Morgan fingerprint density at radius 3 is 2.24 bits per heavy atom. The van der Waals surface area contributed by atoms with Crippen LogP contribution in [0.3, 0.4) is 0 Å². The molecule has 0 spiro atoms. The first-order valence-electron chi connectivity index (χ1n) is 7.58. The second-order valence-corrected chi connectivity index (χ2v) is 5.88. The summed E-state index contributed by atoms with van der Waals surface area (Å²) < 4.78 is 56.0. The van der Waals surface area contributed by atoms with E-state index >= 15 is 0 Å². The SMILES string of the molecule is O=C(O)C(CC(F)(F)F)NC(=O)C1(c2ccc(F)cc2)CCOCC1. The molecule has 0 saturated carbocycles. The fourth-order valence-corrected chi connectivity index (χ4v) is 2.86. The molecular formula is C16H17F4NO4. The summed E-state index contributed by atoms with van der Waals surface area (Å²) >= 11 is 0. The molecule has 0 bridgehead atoms. The number of carboxylic acid groups (broad SMARTS) is 1. The van der Waals surface area contributed by atoms with Crippen molar-refractivity contribution in [3.05, 3.63) is 35.6 Å². The monoisotopic (exact) mass is 363 g/mol. The van der Waals surface area contributed by atoms with Crippen LogP contribution in [0.2, 0.25) is 0 Å². The van der Waals surface area contributed by atoms with Crippen molar-refractivity contribution in [3.63, 3.8) is 0 Å². The van der Waals surface area contributed by atoms with Gasteiger partial charge in [-0.25, -0.2) is 9.18 Å². The lowest BCUT2D eigenvalue weighted by molar-refractivity contribution is -0.161. The first-order valence-corrected chi connectivity index (χ1v) is 7.58. The van der Waals surface area contributed by atoms with Gasteiger partial charge < -0.3 is 15.2 Å². The molecule has 2 rings (SSSR count). The normalized spacial score (nSPS) is 18.4. The number of amides is 1. The number of nitrogens with one attached hydrogen (secondary N) is 1. The van der Waals surface area contributed by atoms with Gasteiger partial charge in [-0.15, -0.1) is 0 Å². The summed E-state index contributed by atoms with van der Waals surface area (Å²) in [6.45, 7) is 0.365. The van der Waals surface area contributed by atoms with E-state index in [-0.39, 0.29) is 26.1 Å². The van der Waals surface area contributed by atoms with Crippen molar-refractivity contribution < 1.29 is 37.0 Å². The predicted molar refractivity (Wildman–Crippen MR) is 78.4 cm³/mol. The highest BCUT2D eigenvalue weighted by Gasteiger charge is 2.44. The minimum atomic E-state index is -4.74. The van der Waals surface area contributed by atoms with Gasteiger partial charge in [0.1, 0.15) is 11.9 Å². The summed E-state index contributed by atoms with van der Waals surface area (Å²) in [4.78, 5) is 23.8. The van der Waals surface area contributed by atoms with Crippen LogP contribution in [0, 0.1) is 5.82 Å². The van der Waals surface area contributed by atoms with Crippen LogP contribution in [-0.2, 0) is 19.7 Å². The van der Waals surface area contributed by atoms with E-state index in [4.69, 9.17) is 9.84 Å². The summed E-state index contributed by atoms with van der Waals surface area (Å²) in [5, 5.41) is 11.0. The molecular weight excluding hydrogens is 346 g/mol. The summed E-state index contributed by atoms with van der Waals surface area (Å²) in [6, 6.07) is 2.95. The van der Waals surface area contributed by atoms with Gasteiger partial charge in [-0.2, -0.15) is 13.2 Å². The Labute approximate surface area is 141 Å². The van der Waals surface area contributed by atoms with Crippen molar-refractivity contribution in [2.45, 2.75) is 36.9 Å². The lowest BCUT2D eigenvalue weighted by atomic mass is 9.73. The number of carboxylic acids is 1. The van der Waals surface area contributed by atoms with E-state index < -0.39 is 41.7 Å². The number of carbonyl (C=O) groups is 2. The largest absolute Gasteiger partial charge is 0.480 e. The first-order chi connectivity index (χ1) is 11.6. The molecule has 9 heteroatoms. The van der Waals surface area contributed by atoms with Gasteiger partial charge in [-0.05, 0) is 30.5 Å². The number of rotatable bonds is 5. The van der Waals surface area contributed by atoms with Crippen LogP contribution in [-0.4, -0.2) is 42.4 Å². The third kappa shape index (κ3) is 4.68. The van der Waals surface area contributed by atoms with Crippen molar-refractivity contribution in [1.29, 1.82) is 0 Å². The van der Waals surface area contributed by atoms with Crippen molar-refractivity contribution in [1.82, 2.24) is 5.32 Å². The van der Waals surface area contributed by atoms with Gasteiger partial charge in [0.15, 0.2) is 0 Å². The van der Waals surface area contributed by atoms with Crippen LogP contribution < -0.4 is 5.32 Å². The molecule has 0 aromatic heterocycles. The van der Waals surface area contributed by atoms with Crippen LogP contribution in [0.4, 0.5) is 17.6 Å². The second-order valence-electron chi connectivity index (χ2n) is 5.88. The molecule has 1 fully saturated rings. The Kier molecular flexibility index (Phi) is 5.66. The molecule has 1 heterocycles. The number of alkyl halides is 3. The number of carbonyl (C=O) groups excluding carboxylic acids is 1. The molecule has 1 aliphatic rings. The van der Waals surface area contributed by atoms with Crippen LogP contribution in [0.15, 0.2) is 24.3 Å². The lowest BCUT2D eigenvalue weighted by Crippen LogP contribution is -2.53. The third-order valence-corrected chi connectivity index (χ3v) is 4.22. The van der Waals surface area contributed by atoms with Crippen LogP contribution in [0.1, 0.15) is 24.8 Å². The minimum absolute atomic E-state index is 0.156. The highest BCUT2D eigenvalue weighted by Crippen LogP contribution is 2.36. The van der Waals surface area contributed by atoms with E-state index in [2.05, 4.69) is 0 Å². The molecule has 1 aromatic carbocycles. The maximum Gasteiger partial charge on any atom is 0.391 e. The maximum atomic E-state index is 13.2. The average Bonchev–Trinajstić information content (AvgIpc) is 2.54. The number of ether oxygens (including phenoxy) is 1. The maximum absolute atomic E-state index is 13.2. The summed E-state index contributed by atoms with van der Waals surface area (Å²) in [5.74, 6) is -3.13. The fraction of sp³-hybridized carbons (Fsp3) is 0.500. The van der Waals surface area contributed by atoms with Crippen molar-refractivity contribution in [3.8, 4) is 0 Å². The number of hydrogen-bond donors (Lipinski definition) is 2. The highest BCUT2D eigenvalue weighted by molar-refractivity contribution is 5.91. The molecule has 25 heavy (non-hydrogen) atoms. The third-order valence-electron chi connectivity index (χ3n) is 4.22. The molecule has 5 nitrogen and oxygen atoms in total.